The SMILES string of the molecule is CCc1nc(C2CCCOC2)nc2c1CCNC2. The Hall–Kier alpha value is -1.00. The Kier molecular flexibility index (Phi) is 3.57. The maximum Gasteiger partial charge on any atom is 0.134 e. The summed E-state index contributed by atoms with van der Waals surface area (Å²) in [6.07, 6.45) is 4.37. The molecule has 1 unspecified atom stereocenters. The first-order valence-corrected chi connectivity index (χ1v) is 7.05. The summed E-state index contributed by atoms with van der Waals surface area (Å²) >= 11 is 0. The van der Waals surface area contributed by atoms with E-state index in [1.165, 1.54) is 17.0 Å². The maximum absolute atomic E-state index is 5.56. The van der Waals surface area contributed by atoms with Gasteiger partial charge < -0.3 is 10.1 Å². The van der Waals surface area contributed by atoms with Crippen LogP contribution in [0.2, 0.25) is 0 Å². The molecule has 1 saturated heterocycles. The summed E-state index contributed by atoms with van der Waals surface area (Å²) < 4.78 is 5.56. The quantitative estimate of drug-likeness (QED) is 0.862. The van der Waals surface area contributed by atoms with E-state index in [0.29, 0.717) is 5.92 Å². The van der Waals surface area contributed by atoms with Crippen LogP contribution in [0.1, 0.15) is 48.5 Å². The molecule has 1 aromatic heterocycles. The van der Waals surface area contributed by atoms with Crippen LogP contribution in [0, 0.1) is 0 Å². The lowest BCUT2D eigenvalue weighted by Gasteiger charge is -2.24. The molecular formula is C14H21N3O. The van der Waals surface area contributed by atoms with Crippen LogP contribution in [0.3, 0.4) is 0 Å². The molecule has 0 amide bonds. The standard InChI is InChI=1S/C14H21N3O/c1-2-12-11-5-6-15-8-13(11)17-14(16-12)10-4-3-7-18-9-10/h10,15H,2-9H2,1H3. The maximum atomic E-state index is 5.56. The van der Waals surface area contributed by atoms with Crippen LogP contribution in [0.4, 0.5) is 0 Å². The van der Waals surface area contributed by atoms with Crippen molar-refractivity contribution < 1.29 is 4.74 Å². The molecule has 18 heavy (non-hydrogen) atoms. The molecule has 0 saturated carbocycles. The van der Waals surface area contributed by atoms with Gasteiger partial charge >= 0.3 is 0 Å². The predicted molar refractivity (Wildman–Crippen MR) is 69.6 cm³/mol. The van der Waals surface area contributed by atoms with Gasteiger partial charge in [-0.25, -0.2) is 9.97 Å². The van der Waals surface area contributed by atoms with Gasteiger partial charge in [0.15, 0.2) is 0 Å². The van der Waals surface area contributed by atoms with Crippen molar-refractivity contribution >= 4 is 0 Å². The van der Waals surface area contributed by atoms with Crippen molar-refractivity contribution in [3.8, 4) is 0 Å². The van der Waals surface area contributed by atoms with E-state index < -0.39 is 0 Å². The summed E-state index contributed by atoms with van der Waals surface area (Å²) in [5.41, 5.74) is 3.85. The molecule has 0 bridgehead atoms. The number of aromatic nitrogens is 2. The number of nitrogens with one attached hydrogen (secondary N) is 1. The van der Waals surface area contributed by atoms with E-state index in [-0.39, 0.29) is 0 Å². The molecule has 2 aliphatic rings. The Morgan fingerprint density at radius 1 is 1.39 bits per heavy atom. The lowest BCUT2D eigenvalue weighted by atomic mass is 9.98. The van der Waals surface area contributed by atoms with E-state index in [1.54, 1.807) is 0 Å². The lowest BCUT2D eigenvalue weighted by Crippen LogP contribution is -2.28. The summed E-state index contributed by atoms with van der Waals surface area (Å²) in [4.78, 5) is 9.60. The van der Waals surface area contributed by atoms with Gasteiger partial charge in [-0.3, -0.25) is 0 Å². The topological polar surface area (TPSA) is 47.0 Å². The number of rotatable bonds is 2. The molecule has 4 heteroatoms. The molecule has 0 aromatic carbocycles. The highest BCUT2D eigenvalue weighted by atomic mass is 16.5. The normalized spacial score (nSPS) is 23.7. The smallest absolute Gasteiger partial charge is 0.134 e. The summed E-state index contributed by atoms with van der Waals surface area (Å²) in [7, 11) is 0. The van der Waals surface area contributed by atoms with Crippen LogP contribution in [-0.2, 0) is 24.1 Å². The van der Waals surface area contributed by atoms with E-state index in [4.69, 9.17) is 14.7 Å². The van der Waals surface area contributed by atoms with Gasteiger partial charge in [0, 0.05) is 24.8 Å². The summed E-state index contributed by atoms with van der Waals surface area (Å²) in [6.45, 7) is 5.81. The van der Waals surface area contributed by atoms with Gasteiger partial charge in [0.25, 0.3) is 0 Å². The molecule has 1 N–H and O–H groups in total. The van der Waals surface area contributed by atoms with Gasteiger partial charge in [-0.1, -0.05) is 6.92 Å². The summed E-state index contributed by atoms with van der Waals surface area (Å²) in [6, 6.07) is 0. The first kappa shape index (κ1) is 12.1. The van der Waals surface area contributed by atoms with Crippen LogP contribution in [0.5, 0.6) is 0 Å². The minimum absolute atomic E-state index is 0.399. The highest BCUT2D eigenvalue weighted by molar-refractivity contribution is 5.29. The van der Waals surface area contributed by atoms with Crippen LogP contribution < -0.4 is 5.32 Å². The second-order valence-electron chi connectivity index (χ2n) is 5.15. The van der Waals surface area contributed by atoms with Crippen molar-refractivity contribution in [1.82, 2.24) is 15.3 Å². The molecular weight excluding hydrogens is 226 g/mol. The van der Waals surface area contributed by atoms with Crippen molar-refractivity contribution in [3.63, 3.8) is 0 Å². The molecule has 0 spiro atoms. The highest BCUT2D eigenvalue weighted by Crippen LogP contribution is 2.25. The molecule has 3 rings (SSSR count). The molecule has 0 radical (unpaired) electrons. The Labute approximate surface area is 108 Å². The first-order chi connectivity index (χ1) is 8.88. The van der Waals surface area contributed by atoms with Crippen LogP contribution in [0.15, 0.2) is 0 Å². The molecule has 1 atom stereocenters. The lowest BCUT2D eigenvalue weighted by molar-refractivity contribution is 0.0779. The Morgan fingerprint density at radius 3 is 3.11 bits per heavy atom. The average Bonchev–Trinajstić information content (AvgIpc) is 2.47. The third kappa shape index (κ3) is 2.27. The summed E-state index contributed by atoms with van der Waals surface area (Å²) in [5, 5.41) is 3.40. The molecule has 3 heterocycles. The highest BCUT2D eigenvalue weighted by Gasteiger charge is 2.23. The summed E-state index contributed by atoms with van der Waals surface area (Å²) in [5.74, 6) is 1.41. The van der Waals surface area contributed by atoms with Gasteiger partial charge in [0.05, 0.1) is 12.3 Å². The van der Waals surface area contributed by atoms with Crippen LogP contribution in [0.25, 0.3) is 0 Å². The minimum Gasteiger partial charge on any atom is -0.381 e. The molecule has 98 valence electrons. The van der Waals surface area contributed by atoms with Crippen molar-refractivity contribution in [1.29, 1.82) is 0 Å². The van der Waals surface area contributed by atoms with Gasteiger partial charge in [-0.2, -0.15) is 0 Å². The van der Waals surface area contributed by atoms with Crippen molar-refractivity contribution in [3.05, 3.63) is 22.8 Å². The zero-order chi connectivity index (χ0) is 12.4. The molecule has 2 aliphatic heterocycles. The zero-order valence-corrected chi connectivity index (χ0v) is 11.0. The van der Waals surface area contributed by atoms with E-state index in [9.17, 15) is 0 Å². The molecule has 1 aromatic rings. The van der Waals surface area contributed by atoms with Crippen molar-refractivity contribution in [2.75, 3.05) is 19.8 Å². The monoisotopic (exact) mass is 247 g/mol. The zero-order valence-electron chi connectivity index (χ0n) is 11.0. The van der Waals surface area contributed by atoms with Crippen LogP contribution in [-0.4, -0.2) is 29.7 Å². The van der Waals surface area contributed by atoms with Gasteiger partial charge in [0.2, 0.25) is 0 Å². The van der Waals surface area contributed by atoms with E-state index >= 15 is 0 Å². The van der Waals surface area contributed by atoms with Crippen molar-refractivity contribution in [2.24, 2.45) is 0 Å². The van der Waals surface area contributed by atoms with Gasteiger partial charge in [-0.05, 0) is 37.8 Å². The van der Waals surface area contributed by atoms with E-state index in [1.807, 2.05) is 0 Å². The number of fused-ring (bicyclic) bond motifs is 1. The van der Waals surface area contributed by atoms with Gasteiger partial charge in [-0.15, -0.1) is 0 Å². The second-order valence-corrected chi connectivity index (χ2v) is 5.15. The first-order valence-electron chi connectivity index (χ1n) is 7.05. The Balaban J connectivity index is 1.94. The number of nitrogens with zero attached hydrogens (tertiary/aromatic N) is 2. The average molecular weight is 247 g/mol. The number of hydrogen-bond acceptors (Lipinski definition) is 4. The number of hydrogen-bond donors (Lipinski definition) is 1. The minimum atomic E-state index is 0.399. The predicted octanol–water partition coefficient (Wildman–Crippen LogP) is 1.58. The van der Waals surface area contributed by atoms with Crippen LogP contribution >= 0.6 is 0 Å². The fourth-order valence-electron chi connectivity index (χ4n) is 2.88. The largest absolute Gasteiger partial charge is 0.381 e. The Bertz CT molecular complexity index is 410. The van der Waals surface area contributed by atoms with E-state index in [2.05, 4.69) is 12.2 Å². The second kappa shape index (κ2) is 5.33. The molecule has 1 fully saturated rings. The number of aryl methyl sites for hydroxylation is 1. The third-order valence-corrected chi connectivity index (χ3v) is 3.90. The van der Waals surface area contributed by atoms with Crippen molar-refractivity contribution in [2.45, 2.75) is 45.1 Å². The van der Waals surface area contributed by atoms with E-state index in [0.717, 1.165) is 57.8 Å². The molecule has 0 aliphatic carbocycles. The Morgan fingerprint density at radius 2 is 2.33 bits per heavy atom. The van der Waals surface area contributed by atoms with Gasteiger partial charge in [0.1, 0.15) is 5.82 Å². The fourth-order valence-corrected chi connectivity index (χ4v) is 2.88. The third-order valence-electron chi connectivity index (χ3n) is 3.90. The fraction of sp³-hybridized carbons (Fsp3) is 0.714. The number of ether oxygens (including phenoxy) is 1. The molecule has 4 nitrogen and oxygen atoms in total.